The molecule has 0 radical (unpaired) electrons. The Bertz CT molecular complexity index is 1300. The lowest BCUT2D eigenvalue weighted by atomic mass is 9.99. The zero-order valence-electron chi connectivity index (χ0n) is 19.4. The number of carbonyl (C=O) groups excluding carboxylic acids is 1. The highest BCUT2D eigenvalue weighted by molar-refractivity contribution is 6.01. The van der Waals surface area contributed by atoms with E-state index in [0.717, 1.165) is 45.6 Å². The molecule has 33 heavy (non-hydrogen) atoms. The maximum atomic E-state index is 13.0. The fourth-order valence-electron chi connectivity index (χ4n) is 3.83. The number of H-pyrrole nitrogens is 1. The van der Waals surface area contributed by atoms with E-state index in [1.807, 2.05) is 61.6 Å². The number of para-hydroxylation sites is 1. The second-order valence-electron chi connectivity index (χ2n) is 8.35. The van der Waals surface area contributed by atoms with Crippen molar-refractivity contribution in [3.05, 3.63) is 66.5 Å². The first-order chi connectivity index (χ1) is 15.9. The third-order valence-electron chi connectivity index (χ3n) is 5.77. The highest BCUT2D eigenvalue weighted by atomic mass is 16.5. The first-order valence-corrected chi connectivity index (χ1v) is 10.8. The Morgan fingerprint density at radius 3 is 2.58 bits per heavy atom. The molecule has 1 amide bonds. The first-order valence-electron chi connectivity index (χ1n) is 10.8. The van der Waals surface area contributed by atoms with Gasteiger partial charge in [0.1, 0.15) is 11.4 Å². The summed E-state index contributed by atoms with van der Waals surface area (Å²) in [7, 11) is 7.43. The summed E-state index contributed by atoms with van der Waals surface area (Å²) in [6.45, 7) is 1.40. The summed E-state index contributed by atoms with van der Waals surface area (Å²) in [6.07, 6.45) is 3.75. The van der Waals surface area contributed by atoms with Crippen LogP contribution in [0.4, 0.5) is 5.69 Å². The fraction of sp³-hybridized carbons (Fsp3) is 0.231. The summed E-state index contributed by atoms with van der Waals surface area (Å²) in [5, 5.41) is 0.977. The third kappa shape index (κ3) is 4.54. The molecule has 0 aliphatic heterocycles. The van der Waals surface area contributed by atoms with Crippen LogP contribution in [0, 0.1) is 0 Å². The summed E-state index contributed by atoms with van der Waals surface area (Å²) in [6, 6.07) is 15.5. The van der Waals surface area contributed by atoms with E-state index in [-0.39, 0.29) is 5.91 Å². The van der Waals surface area contributed by atoms with Crippen molar-refractivity contribution in [2.45, 2.75) is 0 Å². The van der Waals surface area contributed by atoms with Crippen LogP contribution < -0.4 is 10.5 Å². The number of nitrogens with zero attached hydrogens (tertiary/aromatic N) is 3. The summed E-state index contributed by atoms with van der Waals surface area (Å²) >= 11 is 0. The van der Waals surface area contributed by atoms with Gasteiger partial charge in [-0.3, -0.25) is 4.79 Å². The number of nitrogen functional groups attached to an aromatic ring is 1. The molecule has 4 aromatic rings. The van der Waals surface area contributed by atoms with Crippen LogP contribution in [0.2, 0.25) is 0 Å². The van der Waals surface area contributed by atoms with Crippen LogP contribution in [0.1, 0.15) is 10.4 Å². The van der Waals surface area contributed by atoms with E-state index in [2.05, 4.69) is 16.0 Å². The minimum Gasteiger partial charge on any atom is -0.496 e. The topological polar surface area (TPSA) is 87.5 Å². The summed E-state index contributed by atoms with van der Waals surface area (Å²) in [5.74, 6) is 0.700. The third-order valence-corrected chi connectivity index (χ3v) is 5.77. The number of ether oxygens (including phenoxy) is 1. The van der Waals surface area contributed by atoms with Gasteiger partial charge in [-0.2, -0.15) is 0 Å². The van der Waals surface area contributed by atoms with Crippen molar-refractivity contribution in [3.63, 3.8) is 0 Å². The van der Waals surface area contributed by atoms with Crippen LogP contribution in [0.15, 0.2) is 60.9 Å². The zero-order valence-corrected chi connectivity index (χ0v) is 19.4. The van der Waals surface area contributed by atoms with E-state index in [0.29, 0.717) is 17.8 Å². The van der Waals surface area contributed by atoms with Crippen LogP contribution in [0.5, 0.6) is 5.75 Å². The van der Waals surface area contributed by atoms with Crippen molar-refractivity contribution in [3.8, 4) is 28.0 Å². The summed E-state index contributed by atoms with van der Waals surface area (Å²) in [4.78, 5) is 24.6. The summed E-state index contributed by atoms with van der Waals surface area (Å²) < 4.78 is 5.55. The zero-order chi connectivity index (χ0) is 23.5. The minimum atomic E-state index is -0.0957. The number of benzene rings is 2. The highest BCUT2D eigenvalue weighted by Crippen LogP contribution is 2.36. The van der Waals surface area contributed by atoms with Crippen molar-refractivity contribution in [1.82, 2.24) is 19.8 Å². The van der Waals surface area contributed by atoms with Gasteiger partial charge < -0.3 is 25.3 Å². The molecule has 170 valence electrons. The number of aromatic amines is 1. The first kappa shape index (κ1) is 22.4. The Labute approximate surface area is 193 Å². The van der Waals surface area contributed by atoms with Gasteiger partial charge in [0.25, 0.3) is 5.91 Å². The van der Waals surface area contributed by atoms with Crippen LogP contribution in [-0.2, 0) is 0 Å². The number of hydrogen-bond donors (Lipinski definition) is 2. The van der Waals surface area contributed by atoms with E-state index in [1.54, 1.807) is 31.3 Å². The molecule has 0 aliphatic carbocycles. The monoisotopic (exact) mass is 443 g/mol. The van der Waals surface area contributed by atoms with Gasteiger partial charge in [0.05, 0.1) is 12.7 Å². The van der Waals surface area contributed by atoms with Gasteiger partial charge in [0, 0.05) is 60.3 Å². The molecule has 0 saturated carbocycles. The number of rotatable bonds is 7. The normalized spacial score (nSPS) is 11.2. The Morgan fingerprint density at radius 1 is 1.03 bits per heavy atom. The molecule has 2 heterocycles. The Kier molecular flexibility index (Phi) is 6.33. The van der Waals surface area contributed by atoms with Crippen molar-refractivity contribution < 1.29 is 9.53 Å². The van der Waals surface area contributed by atoms with E-state index in [9.17, 15) is 4.79 Å². The number of anilines is 1. The molecule has 3 N–H and O–H groups in total. The van der Waals surface area contributed by atoms with Crippen LogP contribution >= 0.6 is 0 Å². The van der Waals surface area contributed by atoms with E-state index in [1.165, 1.54) is 0 Å². The van der Waals surface area contributed by atoms with E-state index in [4.69, 9.17) is 10.5 Å². The average Bonchev–Trinajstić information content (AvgIpc) is 3.25. The molecule has 0 aliphatic rings. The van der Waals surface area contributed by atoms with E-state index < -0.39 is 0 Å². The number of likely N-dealkylation sites (N-methyl/N-ethyl adjacent to an activating group) is 2. The van der Waals surface area contributed by atoms with Gasteiger partial charge in [-0.15, -0.1) is 0 Å². The lowest BCUT2D eigenvalue weighted by molar-refractivity contribution is 0.0787. The average molecular weight is 444 g/mol. The number of aromatic nitrogens is 2. The quantitative estimate of drug-likeness (QED) is 0.420. The van der Waals surface area contributed by atoms with Crippen molar-refractivity contribution in [2.24, 2.45) is 0 Å². The molecule has 0 spiro atoms. The van der Waals surface area contributed by atoms with Gasteiger partial charge >= 0.3 is 0 Å². The number of hydrogen-bond acceptors (Lipinski definition) is 5. The number of nitrogens with two attached hydrogens (primary N) is 1. The smallest absolute Gasteiger partial charge is 0.255 e. The Morgan fingerprint density at radius 2 is 1.82 bits per heavy atom. The van der Waals surface area contributed by atoms with Gasteiger partial charge in [0.2, 0.25) is 0 Å². The number of carbonyl (C=O) groups is 1. The lowest BCUT2D eigenvalue weighted by Crippen LogP contribution is -2.33. The molecule has 0 atom stereocenters. The predicted octanol–water partition coefficient (Wildman–Crippen LogP) is 4.12. The Balaban J connectivity index is 1.72. The van der Waals surface area contributed by atoms with Crippen LogP contribution in [0.3, 0.4) is 0 Å². The van der Waals surface area contributed by atoms with Gasteiger partial charge in [-0.1, -0.05) is 24.3 Å². The standard InChI is InChI=1S/C26H29N5O2/c1-30(2)11-12-31(3)26(32)21-13-17(9-10-23(21)27)18-14-20-22(16-29-25(20)28-15-18)19-7-5-6-8-24(19)33-4/h5-10,13-16H,11-12,27H2,1-4H3,(H,28,29). The predicted molar refractivity (Wildman–Crippen MR) is 133 cm³/mol. The number of pyridine rings is 1. The number of amides is 1. The molecule has 0 bridgehead atoms. The lowest BCUT2D eigenvalue weighted by Gasteiger charge is -2.21. The molecule has 0 unspecified atom stereocenters. The maximum absolute atomic E-state index is 13.0. The molecular formula is C26H29N5O2. The highest BCUT2D eigenvalue weighted by Gasteiger charge is 2.17. The molecule has 7 nitrogen and oxygen atoms in total. The van der Waals surface area contributed by atoms with Crippen LogP contribution in [-0.4, -0.2) is 67.0 Å². The second-order valence-corrected chi connectivity index (χ2v) is 8.35. The minimum absolute atomic E-state index is 0.0957. The SMILES string of the molecule is COc1ccccc1-c1c[nH]c2ncc(-c3ccc(N)c(C(=O)N(C)CCN(C)C)c3)cc12. The Hall–Kier alpha value is -3.84. The van der Waals surface area contributed by atoms with Crippen molar-refractivity contribution in [2.75, 3.05) is 47.1 Å². The number of nitrogens with one attached hydrogen (secondary N) is 1. The molecule has 0 fully saturated rings. The maximum Gasteiger partial charge on any atom is 0.255 e. The van der Waals surface area contributed by atoms with Gasteiger partial charge in [-0.25, -0.2) is 4.98 Å². The second kappa shape index (κ2) is 9.34. The molecule has 2 aromatic carbocycles. The fourth-order valence-corrected chi connectivity index (χ4v) is 3.83. The molecule has 7 heteroatoms. The van der Waals surface area contributed by atoms with Crippen molar-refractivity contribution >= 4 is 22.6 Å². The molecular weight excluding hydrogens is 414 g/mol. The summed E-state index contributed by atoms with van der Waals surface area (Å²) in [5.41, 5.74) is 11.7. The molecule has 2 aromatic heterocycles. The van der Waals surface area contributed by atoms with E-state index >= 15 is 0 Å². The van der Waals surface area contributed by atoms with Crippen molar-refractivity contribution in [1.29, 1.82) is 0 Å². The number of fused-ring (bicyclic) bond motifs is 1. The number of methoxy groups -OCH3 is 1. The largest absolute Gasteiger partial charge is 0.496 e. The molecule has 4 rings (SSSR count). The van der Waals surface area contributed by atoms with Gasteiger partial charge in [0.15, 0.2) is 0 Å². The molecule has 0 saturated heterocycles. The van der Waals surface area contributed by atoms with Crippen LogP contribution in [0.25, 0.3) is 33.3 Å². The van der Waals surface area contributed by atoms with Gasteiger partial charge in [-0.05, 0) is 43.9 Å².